The normalized spacial score (nSPS) is 29.8. The van der Waals surface area contributed by atoms with Crippen molar-refractivity contribution >= 4 is 0 Å². The van der Waals surface area contributed by atoms with Crippen LogP contribution in [0.15, 0.2) is 36.4 Å². The minimum Gasteiger partial charge on any atom is -0.493 e. The van der Waals surface area contributed by atoms with E-state index < -0.39 is 11.6 Å². The molecule has 2 aliphatic carbocycles. The molecule has 1 saturated heterocycles. The highest BCUT2D eigenvalue weighted by molar-refractivity contribution is 5.65. The lowest BCUT2D eigenvalue weighted by atomic mass is 9.87. The van der Waals surface area contributed by atoms with Crippen LogP contribution in [0.2, 0.25) is 0 Å². The summed E-state index contributed by atoms with van der Waals surface area (Å²) >= 11 is 0. The van der Waals surface area contributed by atoms with Gasteiger partial charge in [-0.25, -0.2) is 8.78 Å². The summed E-state index contributed by atoms with van der Waals surface area (Å²) in [4.78, 5) is 0. The minimum absolute atomic E-state index is 0.273. The van der Waals surface area contributed by atoms with Crippen LogP contribution < -0.4 is 4.74 Å². The average molecular weight is 413 g/mol. The predicted octanol–water partition coefficient (Wildman–Crippen LogP) is 6.93. The molecule has 160 valence electrons. The first-order valence-electron chi connectivity index (χ1n) is 11.5. The Labute approximate surface area is 177 Å². The van der Waals surface area contributed by atoms with Crippen molar-refractivity contribution in [2.75, 3.05) is 13.2 Å². The fraction of sp³-hybridized carbons (Fsp3) is 0.538. The second-order valence-corrected chi connectivity index (χ2v) is 9.28. The summed E-state index contributed by atoms with van der Waals surface area (Å²) in [6, 6.07) is 10.6. The van der Waals surface area contributed by atoms with E-state index in [1.54, 1.807) is 12.1 Å². The van der Waals surface area contributed by atoms with Crippen molar-refractivity contribution in [2.45, 2.75) is 51.6 Å². The van der Waals surface area contributed by atoms with E-state index in [0.717, 1.165) is 30.1 Å². The van der Waals surface area contributed by atoms with E-state index in [2.05, 4.69) is 6.92 Å². The third-order valence-corrected chi connectivity index (χ3v) is 7.58. The molecule has 1 heterocycles. The van der Waals surface area contributed by atoms with Crippen LogP contribution in [0.5, 0.6) is 5.75 Å². The van der Waals surface area contributed by atoms with Crippen molar-refractivity contribution in [3.05, 3.63) is 53.6 Å². The Kier molecular flexibility index (Phi) is 5.53. The molecule has 0 spiro atoms. The molecule has 2 nitrogen and oxygen atoms in total. The quantitative estimate of drug-likeness (QED) is 0.460. The Morgan fingerprint density at radius 1 is 0.900 bits per heavy atom. The van der Waals surface area contributed by atoms with E-state index in [4.69, 9.17) is 9.47 Å². The Morgan fingerprint density at radius 2 is 1.60 bits per heavy atom. The number of hydrogen-bond acceptors (Lipinski definition) is 2. The number of rotatable bonds is 7. The van der Waals surface area contributed by atoms with Gasteiger partial charge in [-0.3, -0.25) is 0 Å². The molecule has 5 rings (SSSR count). The van der Waals surface area contributed by atoms with E-state index in [9.17, 15) is 8.78 Å². The van der Waals surface area contributed by atoms with Crippen LogP contribution in [-0.2, 0) is 4.74 Å². The molecular formula is C26H30F2O2. The molecule has 2 saturated carbocycles. The maximum absolute atomic E-state index is 14.5. The summed E-state index contributed by atoms with van der Waals surface area (Å²) in [6.45, 7) is 3.52. The van der Waals surface area contributed by atoms with Crippen LogP contribution in [0.1, 0.15) is 57.1 Å². The van der Waals surface area contributed by atoms with Crippen molar-refractivity contribution in [1.82, 2.24) is 0 Å². The highest BCUT2D eigenvalue weighted by Gasteiger charge is 2.44. The molecule has 2 aromatic carbocycles. The monoisotopic (exact) mass is 412 g/mol. The van der Waals surface area contributed by atoms with Gasteiger partial charge in [0.25, 0.3) is 0 Å². The first-order valence-corrected chi connectivity index (χ1v) is 11.5. The van der Waals surface area contributed by atoms with Gasteiger partial charge in [-0.1, -0.05) is 44.0 Å². The van der Waals surface area contributed by atoms with Crippen molar-refractivity contribution < 1.29 is 18.3 Å². The summed E-state index contributed by atoms with van der Waals surface area (Å²) in [5, 5.41) is 0. The zero-order valence-corrected chi connectivity index (χ0v) is 17.6. The Morgan fingerprint density at radius 3 is 2.30 bits per heavy atom. The van der Waals surface area contributed by atoms with Gasteiger partial charge in [0, 0.05) is 11.1 Å². The topological polar surface area (TPSA) is 21.8 Å². The molecule has 3 fully saturated rings. The summed E-state index contributed by atoms with van der Waals surface area (Å²) in [6.07, 6.45) is 7.75. The molecule has 3 unspecified atom stereocenters. The molecule has 0 N–H and O–H groups in total. The van der Waals surface area contributed by atoms with Crippen molar-refractivity contribution in [3.63, 3.8) is 0 Å². The average Bonchev–Trinajstić information content (AvgIpc) is 3.40. The van der Waals surface area contributed by atoms with Gasteiger partial charge in [0.1, 0.15) is 11.9 Å². The third kappa shape index (κ3) is 3.75. The van der Waals surface area contributed by atoms with Gasteiger partial charge in [0.15, 0.2) is 11.6 Å². The lowest BCUT2D eigenvalue weighted by molar-refractivity contribution is 0.201. The first kappa shape index (κ1) is 20.0. The fourth-order valence-electron chi connectivity index (χ4n) is 5.97. The largest absolute Gasteiger partial charge is 0.493 e. The van der Waals surface area contributed by atoms with Gasteiger partial charge in [-0.05, 0) is 67.1 Å². The van der Waals surface area contributed by atoms with Crippen LogP contribution in [0, 0.1) is 35.3 Å². The SMILES string of the molecule is CCCC1CC[C@H]2C(COc3ccc(-c4ccc(C5CO5)c(F)c4F)cc3)CC[C@@H]12. The number of epoxide rings is 1. The summed E-state index contributed by atoms with van der Waals surface area (Å²) in [5.41, 5.74) is 1.23. The van der Waals surface area contributed by atoms with Crippen LogP contribution in [0.4, 0.5) is 8.78 Å². The number of fused-ring (bicyclic) bond motifs is 1. The zero-order valence-electron chi connectivity index (χ0n) is 17.6. The fourth-order valence-corrected chi connectivity index (χ4v) is 5.97. The smallest absolute Gasteiger partial charge is 0.167 e. The zero-order chi connectivity index (χ0) is 20.7. The number of ether oxygens (including phenoxy) is 2. The molecule has 4 heteroatoms. The van der Waals surface area contributed by atoms with Gasteiger partial charge < -0.3 is 9.47 Å². The lowest BCUT2D eigenvalue weighted by Gasteiger charge is -2.21. The summed E-state index contributed by atoms with van der Waals surface area (Å²) in [5.74, 6) is 2.50. The number of hydrogen-bond donors (Lipinski definition) is 0. The Hall–Kier alpha value is -1.94. The molecular weight excluding hydrogens is 382 g/mol. The third-order valence-electron chi connectivity index (χ3n) is 7.58. The van der Waals surface area contributed by atoms with E-state index in [0.29, 0.717) is 23.7 Å². The summed E-state index contributed by atoms with van der Waals surface area (Å²) < 4.78 is 40.0. The van der Waals surface area contributed by atoms with E-state index in [1.807, 2.05) is 24.3 Å². The van der Waals surface area contributed by atoms with Crippen LogP contribution in [-0.4, -0.2) is 13.2 Å². The van der Waals surface area contributed by atoms with Crippen LogP contribution in [0.25, 0.3) is 11.1 Å². The second-order valence-electron chi connectivity index (χ2n) is 9.28. The maximum Gasteiger partial charge on any atom is 0.167 e. The molecule has 2 aromatic rings. The second kappa shape index (κ2) is 8.30. The molecule has 0 bridgehead atoms. The van der Waals surface area contributed by atoms with E-state index in [1.165, 1.54) is 38.5 Å². The minimum atomic E-state index is -0.809. The molecule has 5 atom stereocenters. The molecule has 3 aliphatic rings. The van der Waals surface area contributed by atoms with Crippen LogP contribution in [0.3, 0.4) is 0 Å². The van der Waals surface area contributed by atoms with Crippen molar-refractivity contribution in [1.29, 1.82) is 0 Å². The first-order chi connectivity index (χ1) is 14.7. The van der Waals surface area contributed by atoms with Gasteiger partial charge in [0.05, 0.1) is 13.2 Å². The highest BCUT2D eigenvalue weighted by Crippen LogP contribution is 2.52. The Bertz CT molecular complexity index is 891. The predicted molar refractivity (Wildman–Crippen MR) is 113 cm³/mol. The lowest BCUT2D eigenvalue weighted by Crippen LogP contribution is -2.18. The molecule has 1 aliphatic heterocycles. The van der Waals surface area contributed by atoms with E-state index >= 15 is 0 Å². The number of halogens is 2. The van der Waals surface area contributed by atoms with Gasteiger partial charge in [-0.2, -0.15) is 0 Å². The standard InChI is InChI=1S/C26H30F2O2/c1-2-3-16-6-10-21-18(7-11-20(16)21)14-29-19-8-4-17(5-9-19)22-12-13-23(24-15-30-24)26(28)25(22)27/h4-5,8-9,12-13,16,18,20-21,24H,2-3,6-7,10-11,14-15H2,1H3/t16?,18?,20-,21-,24?/m0/s1. The van der Waals surface area contributed by atoms with Gasteiger partial charge >= 0.3 is 0 Å². The van der Waals surface area contributed by atoms with Crippen molar-refractivity contribution in [2.24, 2.45) is 23.7 Å². The Balaban J connectivity index is 1.22. The highest BCUT2D eigenvalue weighted by atomic mass is 19.2. The molecule has 30 heavy (non-hydrogen) atoms. The van der Waals surface area contributed by atoms with Crippen LogP contribution >= 0.6 is 0 Å². The molecule has 0 radical (unpaired) electrons. The van der Waals surface area contributed by atoms with Gasteiger partial charge in [0.2, 0.25) is 0 Å². The molecule has 0 amide bonds. The van der Waals surface area contributed by atoms with Gasteiger partial charge in [-0.15, -0.1) is 0 Å². The summed E-state index contributed by atoms with van der Waals surface area (Å²) in [7, 11) is 0. The van der Waals surface area contributed by atoms with Crippen molar-refractivity contribution in [3.8, 4) is 16.9 Å². The van der Waals surface area contributed by atoms with E-state index in [-0.39, 0.29) is 11.7 Å². The maximum atomic E-state index is 14.5. The number of benzene rings is 2. The molecule has 0 aromatic heterocycles.